The molecule has 0 saturated heterocycles. The van der Waals surface area contributed by atoms with Crippen molar-refractivity contribution in [1.82, 2.24) is 10.3 Å². The van der Waals surface area contributed by atoms with Gasteiger partial charge in [-0.3, -0.25) is 5.32 Å². The van der Waals surface area contributed by atoms with E-state index in [1.165, 1.54) is 29.3 Å². The first kappa shape index (κ1) is 22.8. The first-order valence-electron chi connectivity index (χ1n) is 9.14. The van der Waals surface area contributed by atoms with E-state index in [0.29, 0.717) is 16.3 Å². The second-order valence-corrected chi connectivity index (χ2v) is 6.91. The lowest BCUT2D eigenvalue weighted by Crippen LogP contribution is -2.38. The maximum absolute atomic E-state index is 12.5. The molecule has 0 saturated carbocycles. The lowest BCUT2D eigenvalue weighted by molar-refractivity contribution is -0.0498. The molecule has 1 atom stereocenters. The zero-order chi connectivity index (χ0) is 23.3. The summed E-state index contributed by atoms with van der Waals surface area (Å²) in [7, 11) is 0. The van der Waals surface area contributed by atoms with Crippen LogP contribution in [0.1, 0.15) is 11.1 Å². The number of nitriles is 1. The summed E-state index contributed by atoms with van der Waals surface area (Å²) in [5, 5.41) is 17.8. The van der Waals surface area contributed by atoms with E-state index in [4.69, 9.17) is 27.3 Å². The quantitative estimate of drug-likeness (QED) is 0.303. The number of aryl methyl sites for hydroxylation is 1. The van der Waals surface area contributed by atoms with Crippen LogP contribution < -0.4 is 15.8 Å². The summed E-state index contributed by atoms with van der Waals surface area (Å²) in [6.07, 6.45) is -0.110. The van der Waals surface area contributed by atoms with Gasteiger partial charge in [-0.05, 0) is 36.8 Å². The molecule has 2 aromatic rings. The summed E-state index contributed by atoms with van der Waals surface area (Å²) < 4.78 is 34.5. The van der Waals surface area contributed by atoms with Gasteiger partial charge in [-0.15, -0.1) is 0 Å². The van der Waals surface area contributed by atoms with Gasteiger partial charge in [-0.1, -0.05) is 23.7 Å². The van der Waals surface area contributed by atoms with Gasteiger partial charge in [0.2, 0.25) is 5.96 Å². The van der Waals surface area contributed by atoms with Crippen LogP contribution in [-0.4, -0.2) is 42.0 Å². The Labute approximate surface area is 186 Å². The summed E-state index contributed by atoms with van der Waals surface area (Å²) in [5.41, 5.74) is 7.20. The smallest absolute Gasteiger partial charge is 0.405 e. The van der Waals surface area contributed by atoms with Crippen LogP contribution in [0.2, 0.25) is 5.02 Å². The summed E-state index contributed by atoms with van der Waals surface area (Å²) in [6, 6.07) is 10.7. The lowest BCUT2D eigenvalue weighted by atomic mass is 10.0. The third kappa shape index (κ3) is 5.61. The van der Waals surface area contributed by atoms with Gasteiger partial charge < -0.3 is 15.2 Å². The summed E-state index contributed by atoms with van der Waals surface area (Å²) >= 11 is 6.08. The number of hydrogen-bond donors (Lipinski definition) is 2. The number of nitrogens with two attached hydrogens (primary N) is 1. The maximum Gasteiger partial charge on any atom is 0.405 e. The minimum absolute atomic E-state index is 0.000680. The molecule has 1 amide bonds. The van der Waals surface area contributed by atoms with Crippen molar-refractivity contribution in [3.8, 4) is 11.9 Å². The second-order valence-electron chi connectivity index (χ2n) is 6.50. The van der Waals surface area contributed by atoms with E-state index in [0.717, 1.165) is 5.56 Å². The highest BCUT2D eigenvalue weighted by molar-refractivity contribution is 6.31. The number of nitrogens with one attached hydrogen (secondary N) is 1. The molecule has 0 bridgehead atoms. The number of aliphatic imine (C=N–C) groups is 1. The van der Waals surface area contributed by atoms with Gasteiger partial charge >= 0.3 is 12.7 Å². The Morgan fingerprint density at radius 1 is 1.41 bits per heavy atom. The first-order chi connectivity index (χ1) is 15.3. The number of alkyl halides is 2. The van der Waals surface area contributed by atoms with E-state index in [1.54, 1.807) is 24.4 Å². The average Bonchev–Trinajstić information content (AvgIpc) is 3.12. The topological polar surface area (TPSA) is 125 Å². The van der Waals surface area contributed by atoms with Crippen molar-refractivity contribution in [2.45, 2.75) is 19.6 Å². The average molecular weight is 463 g/mol. The number of hydrogen-bond acceptors (Lipinski definition) is 6. The number of guanidine groups is 1. The van der Waals surface area contributed by atoms with Gasteiger partial charge in [0, 0.05) is 16.7 Å². The van der Waals surface area contributed by atoms with Crippen LogP contribution in [0.3, 0.4) is 0 Å². The van der Waals surface area contributed by atoms with Crippen molar-refractivity contribution in [2.75, 3.05) is 6.54 Å². The van der Waals surface area contributed by atoms with Crippen molar-refractivity contribution < 1.29 is 23.0 Å². The van der Waals surface area contributed by atoms with Gasteiger partial charge in [0.1, 0.15) is 11.5 Å². The molecule has 0 spiro atoms. The molecule has 1 unspecified atom stereocenters. The highest BCUT2D eigenvalue weighted by Crippen LogP contribution is 2.25. The zero-order valence-electron chi connectivity index (χ0n) is 16.6. The number of halogens is 3. The third-order valence-electron chi connectivity index (χ3n) is 4.27. The normalized spacial score (nSPS) is 15.9. The molecule has 0 fully saturated rings. The second kappa shape index (κ2) is 9.93. The van der Waals surface area contributed by atoms with Gasteiger partial charge in [-0.25, -0.2) is 14.8 Å². The predicted molar refractivity (Wildman–Crippen MR) is 113 cm³/mol. The maximum atomic E-state index is 12.5. The standard InChI is InChI=1S/C20H17ClF2N6O3/c1-11-7-12(5-6-15(11)21)17-16(32-19(25)30)9-29(28-17)20(26-10-24)27-13-3-2-4-14(8-13)31-18(22)23/h2-8,16,18H,9H2,1H3,(H2,25,30)(H,26,27). The Kier molecular flexibility index (Phi) is 7.07. The van der Waals surface area contributed by atoms with E-state index in [1.807, 2.05) is 6.92 Å². The SMILES string of the molecule is Cc1cc(C2=NN(C(=Nc3cccc(OC(F)F)c3)NC#N)CC2OC(N)=O)ccc1Cl. The van der Waals surface area contributed by atoms with Crippen molar-refractivity contribution >= 4 is 35.1 Å². The molecule has 12 heteroatoms. The predicted octanol–water partition coefficient (Wildman–Crippen LogP) is 3.49. The van der Waals surface area contributed by atoms with Crippen LogP contribution in [0.15, 0.2) is 52.6 Å². The summed E-state index contributed by atoms with van der Waals surface area (Å²) in [4.78, 5) is 15.7. The fourth-order valence-corrected chi connectivity index (χ4v) is 3.06. The molecule has 3 rings (SSSR count). The minimum atomic E-state index is -2.99. The van der Waals surface area contributed by atoms with Crippen molar-refractivity contribution in [2.24, 2.45) is 15.8 Å². The molecule has 3 N–H and O–H groups in total. The Morgan fingerprint density at radius 3 is 2.84 bits per heavy atom. The molecule has 0 radical (unpaired) electrons. The Hall–Kier alpha value is -3.91. The van der Waals surface area contributed by atoms with Gasteiger partial charge in [0.05, 0.1) is 12.2 Å². The number of benzene rings is 2. The van der Waals surface area contributed by atoms with Crippen molar-refractivity contribution in [3.05, 3.63) is 58.6 Å². The Balaban J connectivity index is 1.97. The summed E-state index contributed by atoms with van der Waals surface area (Å²) in [5.74, 6) is -0.129. The molecule has 166 valence electrons. The first-order valence-corrected chi connectivity index (χ1v) is 9.52. The van der Waals surface area contributed by atoms with Crippen LogP contribution in [0.4, 0.5) is 19.3 Å². The molecule has 1 aliphatic rings. The largest absolute Gasteiger partial charge is 0.438 e. The number of rotatable bonds is 5. The van der Waals surface area contributed by atoms with Crippen molar-refractivity contribution in [3.63, 3.8) is 0 Å². The molecule has 0 aromatic heterocycles. The number of carbonyl (C=O) groups excluding carboxylic acids is 1. The Morgan fingerprint density at radius 2 is 2.19 bits per heavy atom. The van der Waals surface area contributed by atoms with Crippen LogP contribution in [0, 0.1) is 18.4 Å². The van der Waals surface area contributed by atoms with Gasteiger partial charge in [0.25, 0.3) is 0 Å². The number of nitrogens with zero attached hydrogens (tertiary/aromatic N) is 4. The molecule has 32 heavy (non-hydrogen) atoms. The Bertz CT molecular complexity index is 1120. The number of carbonyl (C=O) groups is 1. The van der Waals surface area contributed by atoms with E-state index >= 15 is 0 Å². The summed E-state index contributed by atoms with van der Waals surface area (Å²) in [6.45, 7) is -1.19. The molecule has 2 aromatic carbocycles. The fourth-order valence-electron chi connectivity index (χ4n) is 2.95. The van der Waals surface area contributed by atoms with E-state index in [9.17, 15) is 13.6 Å². The number of ether oxygens (including phenoxy) is 2. The number of hydrazone groups is 1. The van der Waals surface area contributed by atoms with Gasteiger partial charge in [0.15, 0.2) is 12.3 Å². The molecule has 1 heterocycles. The van der Waals surface area contributed by atoms with Gasteiger partial charge in [-0.2, -0.15) is 19.1 Å². The minimum Gasteiger partial charge on any atom is -0.438 e. The molecule has 1 aliphatic heterocycles. The molecule has 9 nitrogen and oxygen atoms in total. The highest BCUT2D eigenvalue weighted by Gasteiger charge is 2.33. The van der Waals surface area contributed by atoms with Crippen LogP contribution in [0.25, 0.3) is 0 Å². The van der Waals surface area contributed by atoms with E-state index in [-0.39, 0.29) is 23.9 Å². The number of amides is 1. The molecule has 0 aliphatic carbocycles. The van der Waals surface area contributed by atoms with E-state index < -0.39 is 18.8 Å². The third-order valence-corrected chi connectivity index (χ3v) is 4.70. The van der Waals surface area contributed by atoms with Crippen molar-refractivity contribution in [1.29, 1.82) is 5.26 Å². The molecular formula is C20H17ClF2N6O3. The van der Waals surface area contributed by atoms with Crippen LogP contribution >= 0.6 is 11.6 Å². The molecular weight excluding hydrogens is 446 g/mol. The highest BCUT2D eigenvalue weighted by atomic mass is 35.5. The van der Waals surface area contributed by atoms with E-state index in [2.05, 4.69) is 20.1 Å². The monoisotopic (exact) mass is 462 g/mol. The van der Waals surface area contributed by atoms with Crippen LogP contribution in [0.5, 0.6) is 5.75 Å². The lowest BCUT2D eigenvalue weighted by Gasteiger charge is -2.16. The fraction of sp³-hybridized carbons (Fsp3) is 0.200. The zero-order valence-corrected chi connectivity index (χ0v) is 17.4. The van der Waals surface area contributed by atoms with Crippen LogP contribution in [-0.2, 0) is 4.74 Å². The number of primary amides is 1.